The Labute approximate surface area is 95.8 Å². The van der Waals surface area contributed by atoms with E-state index in [0.717, 1.165) is 6.61 Å². The van der Waals surface area contributed by atoms with Crippen LogP contribution in [0.3, 0.4) is 0 Å². The van der Waals surface area contributed by atoms with E-state index in [2.05, 4.69) is 26.1 Å². The molecule has 0 aliphatic rings. The standard InChI is InChI=1S/C13H29NO/c1-5-7-8-9-10-11-13(14-4)12(3)15-6-2/h12-14H,5-11H2,1-4H3. The number of unbranched alkanes of at least 4 members (excludes halogenated alkanes) is 4. The Balaban J connectivity index is 3.51. The van der Waals surface area contributed by atoms with Crippen LogP contribution in [0.1, 0.15) is 59.3 Å². The zero-order valence-electron chi connectivity index (χ0n) is 11.0. The van der Waals surface area contributed by atoms with Crippen LogP contribution in [-0.4, -0.2) is 25.8 Å². The third-order valence-electron chi connectivity index (χ3n) is 2.99. The molecule has 0 bridgehead atoms. The van der Waals surface area contributed by atoms with Gasteiger partial charge in [0.1, 0.15) is 0 Å². The Morgan fingerprint density at radius 3 is 2.27 bits per heavy atom. The van der Waals surface area contributed by atoms with Gasteiger partial charge in [-0.3, -0.25) is 0 Å². The average molecular weight is 215 g/mol. The lowest BCUT2D eigenvalue weighted by atomic mass is 10.0. The fourth-order valence-corrected chi connectivity index (χ4v) is 1.96. The maximum atomic E-state index is 5.61. The van der Waals surface area contributed by atoms with Crippen LogP contribution in [0.15, 0.2) is 0 Å². The highest BCUT2D eigenvalue weighted by atomic mass is 16.5. The van der Waals surface area contributed by atoms with E-state index in [1.54, 1.807) is 0 Å². The van der Waals surface area contributed by atoms with Gasteiger partial charge in [-0.1, -0.05) is 39.0 Å². The van der Waals surface area contributed by atoms with E-state index in [1.165, 1.54) is 38.5 Å². The molecule has 2 atom stereocenters. The lowest BCUT2D eigenvalue weighted by molar-refractivity contribution is 0.0466. The molecule has 0 saturated heterocycles. The Kier molecular flexibility index (Phi) is 10.4. The fraction of sp³-hybridized carbons (Fsp3) is 1.00. The Morgan fingerprint density at radius 1 is 1.07 bits per heavy atom. The second-order valence-electron chi connectivity index (χ2n) is 4.26. The van der Waals surface area contributed by atoms with Gasteiger partial charge in [0, 0.05) is 12.6 Å². The van der Waals surface area contributed by atoms with Crippen molar-refractivity contribution in [3.05, 3.63) is 0 Å². The maximum Gasteiger partial charge on any atom is 0.0699 e. The minimum atomic E-state index is 0.339. The number of ether oxygens (including phenoxy) is 1. The van der Waals surface area contributed by atoms with Gasteiger partial charge in [0.2, 0.25) is 0 Å². The summed E-state index contributed by atoms with van der Waals surface area (Å²) >= 11 is 0. The van der Waals surface area contributed by atoms with E-state index in [9.17, 15) is 0 Å². The predicted octanol–water partition coefficient (Wildman–Crippen LogP) is 3.36. The molecule has 0 saturated carbocycles. The minimum Gasteiger partial charge on any atom is -0.377 e. The van der Waals surface area contributed by atoms with Gasteiger partial charge in [-0.2, -0.15) is 0 Å². The van der Waals surface area contributed by atoms with Gasteiger partial charge in [0.05, 0.1) is 6.10 Å². The third kappa shape index (κ3) is 7.80. The fourth-order valence-electron chi connectivity index (χ4n) is 1.96. The topological polar surface area (TPSA) is 21.3 Å². The van der Waals surface area contributed by atoms with Crippen LogP contribution in [0.25, 0.3) is 0 Å². The quantitative estimate of drug-likeness (QED) is 0.564. The van der Waals surface area contributed by atoms with Gasteiger partial charge in [-0.15, -0.1) is 0 Å². The summed E-state index contributed by atoms with van der Waals surface area (Å²) in [7, 11) is 2.03. The summed E-state index contributed by atoms with van der Waals surface area (Å²) in [6.07, 6.45) is 8.35. The Morgan fingerprint density at radius 2 is 1.73 bits per heavy atom. The molecule has 0 amide bonds. The molecule has 0 fully saturated rings. The molecular weight excluding hydrogens is 186 g/mol. The van der Waals surface area contributed by atoms with E-state index < -0.39 is 0 Å². The lowest BCUT2D eigenvalue weighted by Gasteiger charge is -2.23. The molecular formula is C13H29NO. The Bertz CT molecular complexity index is 128. The highest BCUT2D eigenvalue weighted by molar-refractivity contribution is 4.71. The van der Waals surface area contributed by atoms with E-state index in [-0.39, 0.29) is 0 Å². The van der Waals surface area contributed by atoms with Gasteiger partial charge < -0.3 is 10.1 Å². The molecule has 2 unspecified atom stereocenters. The normalized spacial score (nSPS) is 15.2. The average Bonchev–Trinajstić information content (AvgIpc) is 2.23. The molecule has 0 aliphatic heterocycles. The van der Waals surface area contributed by atoms with Crippen molar-refractivity contribution in [3.63, 3.8) is 0 Å². The van der Waals surface area contributed by atoms with Crippen LogP contribution in [0, 0.1) is 0 Å². The smallest absolute Gasteiger partial charge is 0.0699 e. The first-order valence-electron chi connectivity index (χ1n) is 6.55. The van der Waals surface area contributed by atoms with Gasteiger partial charge >= 0.3 is 0 Å². The predicted molar refractivity (Wildman–Crippen MR) is 67.3 cm³/mol. The summed E-state index contributed by atoms with van der Waals surface area (Å²) in [5, 5.41) is 3.35. The van der Waals surface area contributed by atoms with Crippen LogP contribution >= 0.6 is 0 Å². The van der Waals surface area contributed by atoms with Crippen LogP contribution < -0.4 is 5.32 Å². The van der Waals surface area contributed by atoms with Crippen LogP contribution in [-0.2, 0) is 4.74 Å². The van der Waals surface area contributed by atoms with E-state index in [1.807, 2.05) is 7.05 Å². The molecule has 0 spiro atoms. The number of hydrogen-bond donors (Lipinski definition) is 1. The van der Waals surface area contributed by atoms with Crippen molar-refractivity contribution in [2.24, 2.45) is 0 Å². The molecule has 0 aromatic heterocycles. The van der Waals surface area contributed by atoms with Crippen molar-refractivity contribution in [2.75, 3.05) is 13.7 Å². The Hall–Kier alpha value is -0.0800. The summed E-state index contributed by atoms with van der Waals surface area (Å²) in [6, 6.07) is 0.520. The van der Waals surface area contributed by atoms with Gasteiger partial charge in [0.15, 0.2) is 0 Å². The van der Waals surface area contributed by atoms with Gasteiger partial charge in [-0.25, -0.2) is 0 Å². The lowest BCUT2D eigenvalue weighted by Crippen LogP contribution is -2.37. The van der Waals surface area contributed by atoms with Crippen molar-refractivity contribution in [2.45, 2.75) is 71.4 Å². The largest absolute Gasteiger partial charge is 0.377 e. The number of hydrogen-bond acceptors (Lipinski definition) is 2. The zero-order chi connectivity index (χ0) is 11.5. The SMILES string of the molecule is CCCCCCCC(NC)C(C)OCC. The first-order chi connectivity index (χ1) is 7.26. The molecule has 0 aromatic carbocycles. The molecule has 0 radical (unpaired) electrons. The minimum absolute atomic E-state index is 0.339. The van der Waals surface area contributed by atoms with Crippen LogP contribution in [0.5, 0.6) is 0 Å². The van der Waals surface area contributed by atoms with Crippen LogP contribution in [0.4, 0.5) is 0 Å². The molecule has 0 heterocycles. The first kappa shape index (κ1) is 14.9. The van der Waals surface area contributed by atoms with Crippen molar-refractivity contribution in [3.8, 4) is 0 Å². The second kappa shape index (κ2) is 10.4. The van der Waals surface area contributed by atoms with Crippen LogP contribution in [0.2, 0.25) is 0 Å². The molecule has 92 valence electrons. The highest BCUT2D eigenvalue weighted by Crippen LogP contribution is 2.10. The first-order valence-corrected chi connectivity index (χ1v) is 6.55. The summed E-state index contributed by atoms with van der Waals surface area (Å²) < 4.78 is 5.61. The van der Waals surface area contributed by atoms with Crippen molar-refractivity contribution in [1.82, 2.24) is 5.32 Å². The molecule has 2 heteroatoms. The number of likely N-dealkylation sites (N-methyl/N-ethyl adjacent to an activating group) is 1. The molecule has 0 rings (SSSR count). The van der Waals surface area contributed by atoms with Gasteiger partial charge in [0.25, 0.3) is 0 Å². The van der Waals surface area contributed by atoms with Crippen molar-refractivity contribution in [1.29, 1.82) is 0 Å². The molecule has 0 aromatic rings. The number of nitrogens with one attached hydrogen (secondary N) is 1. The van der Waals surface area contributed by atoms with E-state index in [0.29, 0.717) is 12.1 Å². The molecule has 2 nitrogen and oxygen atoms in total. The maximum absolute atomic E-state index is 5.61. The number of rotatable bonds is 10. The van der Waals surface area contributed by atoms with Gasteiger partial charge in [-0.05, 0) is 27.3 Å². The summed E-state index contributed by atoms with van der Waals surface area (Å²) in [6.45, 7) is 7.30. The zero-order valence-corrected chi connectivity index (χ0v) is 11.0. The molecule has 1 N–H and O–H groups in total. The van der Waals surface area contributed by atoms with E-state index >= 15 is 0 Å². The summed E-state index contributed by atoms with van der Waals surface area (Å²) in [5.41, 5.74) is 0. The summed E-state index contributed by atoms with van der Waals surface area (Å²) in [4.78, 5) is 0. The summed E-state index contributed by atoms with van der Waals surface area (Å²) in [5.74, 6) is 0. The third-order valence-corrected chi connectivity index (χ3v) is 2.99. The van der Waals surface area contributed by atoms with Crippen molar-refractivity contribution < 1.29 is 4.74 Å². The highest BCUT2D eigenvalue weighted by Gasteiger charge is 2.14. The monoisotopic (exact) mass is 215 g/mol. The second-order valence-corrected chi connectivity index (χ2v) is 4.26. The van der Waals surface area contributed by atoms with Crippen molar-refractivity contribution >= 4 is 0 Å². The molecule has 0 aliphatic carbocycles. The molecule has 15 heavy (non-hydrogen) atoms. The van der Waals surface area contributed by atoms with E-state index in [4.69, 9.17) is 4.74 Å².